The molecule has 8 heteroatoms. The highest BCUT2D eigenvalue weighted by molar-refractivity contribution is 7.33. The van der Waals surface area contributed by atoms with E-state index in [1.54, 1.807) is 0 Å². The molecular weight excluding hydrogens is 211 g/mol. The Bertz CT molecular complexity index is 134. The van der Waals surface area contributed by atoms with Crippen molar-refractivity contribution in [3.63, 3.8) is 0 Å². The van der Waals surface area contributed by atoms with E-state index in [0.29, 0.717) is 25.9 Å². The van der Waals surface area contributed by atoms with Crippen LogP contribution in [0.4, 0.5) is 0 Å². The molecule has 0 atom stereocenters. The summed E-state index contributed by atoms with van der Waals surface area (Å²) in [6.07, 6.45) is 1.13. The third kappa shape index (κ3) is 10.1. The van der Waals surface area contributed by atoms with Gasteiger partial charge in [-0.15, -0.1) is 0 Å². The van der Waals surface area contributed by atoms with Gasteiger partial charge in [0.25, 0.3) is 0 Å². The summed E-state index contributed by atoms with van der Waals surface area (Å²) in [4.78, 5) is 0. The average Bonchev–Trinajstić information content (AvgIpc) is 2.19. The van der Waals surface area contributed by atoms with E-state index >= 15 is 0 Å². The van der Waals surface area contributed by atoms with Crippen molar-refractivity contribution >= 4 is 8.25 Å². The van der Waals surface area contributed by atoms with Crippen LogP contribution in [-0.4, -0.2) is 36.7 Å². The lowest BCUT2D eigenvalue weighted by Crippen LogP contribution is -2.11. The summed E-state index contributed by atoms with van der Waals surface area (Å²) < 4.78 is 20.6. The zero-order valence-electron chi connectivity index (χ0n) is 7.86. The molecule has 14 heavy (non-hydrogen) atoms. The highest BCUT2D eigenvalue weighted by atomic mass is 31.1. The highest BCUT2D eigenvalue weighted by Crippen LogP contribution is 2.23. The van der Waals surface area contributed by atoms with Crippen LogP contribution in [0.3, 0.4) is 0 Å². The predicted octanol–water partition coefficient (Wildman–Crippen LogP) is 0.147. The van der Waals surface area contributed by atoms with E-state index in [1.807, 2.05) is 11.0 Å². The minimum absolute atomic E-state index is 0.281. The number of hydrogen-bond acceptors (Lipinski definition) is 7. The van der Waals surface area contributed by atoms with Gasteiger partial charge in [-0.2, -0.15) is 0 Å². The van der Waals surface area contributed by atoms with Crippen molar-refractivity contribution in [1.29, 1.82) is 0 Å². The van der Waals surface area contributed by atoms with Crippen LogP contribution >= 0.6 is 8.25 Å². The average molecular weight is 228 g/mol. The number of rotatable bonds is 10. The summed E-state index contributed by atoms with van der Waals surface area (Å²) in [5, 5.41) is 16.4. The van der Waals surface area contributed by atoms with E-state index in [0.717, 1.165) is 0 Å². The van der Waals surface area contributed by atoms with Crippen molar-refractivity contribution in [2.45, 2.75) is 12.8 Å². The smallest absolute Gasteiger partial charge is 0.317 e. The lowest BCUT2D eigenvalue weighted by Gasteiger charge is -2.04. The molecule has 0 aliphatic heterocycles. The Morgan fingerprint density at radius 1 is 1.00 bits per heavy atom. The zero-order valence-corrected chi connectivity index (χ0v) is 8.86. The molecular formula is C6H17N2O5P. The van der Waals surface area contributed by atoms with Crippen LogP contribution in [0.15, 0.2) is 0 Å². The Balaban J connectivity index is 3.11. The van der Waals surface area contributed by atoms with Crippen LogP contribution in [-0.2, 0) is 13.6 Å². The highest BCUT2D eigenvalue weighted by Gasteiger charge is 1.98. The molecule has 0 heterocycles. The second-order valence-corrected chi connectivity index (χ2v) is 3.55. The fourth-order valence-electron chi connectivity index (χ4n) is 0.655. The summed E-state index contributed by atoms with van der Waals surface area (Å²) >= 11 is 0. The summed E-state index contributed by atoms with van der Waals surface area (Å²) in [6.45, 7) is 1.35. The van der Waals surface area contributed by atoms with Gasteiger partial charge in [0.05, 0.1) is 13.2 Å². The first-order valence-electron chi connectivity index (χ1n) is 4.34. The third-order valence-electron chi connectivity index (χ3n) is 1.31. The van der Waals surface area contributed by atoms with E-state index in [9.17, 15) is 4.57 Å². The molecule has 0 saturated carbocycles. The van der Waals surface area contributed by atoms with Crippen molar-refractivity contribution < 1.29 is 24.0 Å². The Kier molecular flexibility index (Phi) is 11.1. The van der Waals surface area contributed by atoms with Crippen LogP contribution in [0.25, 0.3) is 0 Å². The third-order valence-corrected chi connectivity index (χ3v) is 2.19. The largest absolute Gasteiger partial charge is 0.319 e. The van der Waals surface area contributed by atoms with Gasteiger partial charge in [-0.1, -0.05) is 0 Å². The standard InChI is InChI=1S/C6H17N2O5P/c9-7-3-1-5-12-14(11)13-6-2-4-8-10/h7-10,14H,1-6H2. The van der Waals surface area contributed by atoms with Gasteiger partial charge in [0.15, 0.2) is 0 Å². The lowest BCUT2D eigenvalue weighted by atomic mass is 10.5. The molecule has 0 aliphatic rings. The van der Waals surface area contributed by atoms with Gasteiger partial charge in [0.1, 0.15) is 0 Å². The normalized spacial score (nSPS) is 11.1. The van der Waals surface area contributed by atoms with Crippen LogP contribution in [0.2, 0.25) is 0 Å². The minimum atomic E-state index is -2.42. The second kappa shape index (κ2) is 11.1. The van der Waals surface area contributed by atoms with E-state index in [2.05, 4.69) is 0 Å². The van der Waals surface area contributed by atoms with Gasteiger partial charge in [0, 0.05) is 13.1 Å². The molecule has 7 nitrogen and oxygen atoms in total. The Morgan fingerprint density at radius 2 is 1.43 bits per heavy atom. The Morgan fingerprint density at radius 3 is 1.79 bits per heavy atom. The molecule has 4 N–H and O–H groups in total. The molecule has 0 aliphatic carbocycles. The summed E-state index contributed by atoms with van der Waals surface area (Å²) in [5.74, 6) is 0. The Labute approximate surface area is 83.3 Å². The van der Waals surface area contributed by atoms with Crippen molar-refractivity contribution in [1.82, 2.24) is 11.0 Å². The van der Waals surface area contributed by atoms with E-state index in [-0.39, 0.29) is 13.2 Å². The minimum Gasteiger partial charge on any atom is -0.317 e. The second-order valence-electron chi connectivity index (χ2n) is 2.47. The maximum absolute atomic E-state index is 10.9. The first-order chi connectivity index (χ1) is 6.81. The van der Waals surface area contributed by atoms with Crippen molar-refractivity contribution in [2.75, 3.05) is 26.3 Å². The summed E-state index contributed by atoms with van der Waals surface area (Å²) in [7, 11) is -2.42. The summed E-state index contributed by atoms with van der Waals surface area (Å²) in [6, 6.07) is 0. The molecule has 0 unspecified atom stereocenters. The lowest BCUT2D eigenvalue weighted by molar-refractivity contribution is 0.147. The molecule has 0 saturated heterocycles. The zero-order chi connectivity index (χ0) is 10.6. The maximum atomic E-state index is 10.9. The molecule has 0 rings (SSSR count). The van der Waals surface area contributed by atoms with Gasteiger partial charge in [0.2, 0.25) is 0 Å². The molecule has 0 aromatic rings. The topological polar surface area (TPSA) is 100 Å². The molecule has 0 aromatic carbocycles. The molecule has 0 radical (unpaired) electrons. The monoisotopic (exact) mass is 228 g/mol. The van der Waals surface area contributed by atoms with Crippen molar-refractivity contribution in [3.8, 4) is 0 Å². The van der Waals surface area contributed by atoms with Crippen LogP contribution < -0.4 is 11.0 Å². The SMILES string of the molecule is O=[PH](OCCCNO)OCCCNO. The molecule has 0 spiro atoms. The van der Waals surface area contributed by atoms with Crippen LogP contribution in [0.1, 0.15) is 12.8 Å². The number of hydroxylamine groups is 2. The molecule has 0 bridgehead atoms. The fourth-order valence-corrected chi connectivity index (χ4v) is 1.36. The van der Waals surface area contributed by atoms with Gasteiger partial charge < -0.3 is 19.5 Å². The van der Waals surface area contributed by atoms with Gasteiger partial charge in [-0.05, 0) is 12.8 Å². The molecule has 0 amide bonds. The predicted molar refractivity (Wildman–Crippen MR) is 49.7 cm³/mol. The van der Waals surface area contributed by atoms with Gasteiger partial charge in [-0.3, -0.25) is 4.57 Å². The first kappa shape index (κ1) is 14.0. The van der Waals surface area contributed by atoms with E-state index in [1.165, 1.54) is 0 Å². The molecule has 0 fully saturated rings. The molecule has 0 aromatic heterocycles. The number of hydrogen-bond donors (Lipinski definition) is 4. The van der Waals surface area contributed by atoms with Gasteiger partial charge in [-0.25, -0.2) is 11.0 Å². The van der Waals surface area contributed by atoms with E-state index in [4.69, 9.17) is 19.5 Å². The molecule has 86 valence electrons. The van der Waals surface area contributed by atoms with Gasteiger partial charge >= 0.3 is 8.25 Å². The fraction of sp³-hybridized carbons (Fsp3) is 1.00. The Hall–Kier alpha value is -0.0100. The summed E-state index contributed by atoms with van der Waals surface area (Å²) in [5.41, 5.74) is 3.91. The quantitative estimate of drug-likeness (QED) is 0.240. The van der Waals surface area contributed by atoms with Crippen molar-refractivity contribution in [2.24, 2.45) is 0 Å². The first-order valence-corrected chi connectivity index (χ1v) is 5.57. The van der Waals surface area contributed by atoms with Crippen LogP contribution in [0.5, 0.6) is 0 Å². The number of nitrogens with one attached hydrogen (secondary N) is 2. The van der Waals surface area contributed by atoms with Crippen LogP contribution in [0, 0.1) is 0 Å². The van der Waals surface area contributed by atoms with Crippen molar-refractivity contribution in [3.05, 3.63) is 0 Å². The maximum Gasteiger partial charge on any atom is 0.319 e. The van der Waals surface area contributed by atoms with E-state index < -0.39 is 8.25 Å².